The molecule has 7 heteroatoms. The lowest BCUT2D eigenvalue weighted by molar-refractivity contribution is 0.283. The molecule has 0 aromatic heterocycles. The second-order valence-corrected chi connectivity index (χ2v) is 6.23. The zero-order valence-electron chi connectivity index (χ0n) is 12.3. The number of thioether (sulfide) groups is 2. The van der Waals surface area contributed by atoms with Crippen molar-refractivity contribution in [3.63, 3.8) is 0 Å². The molecule has 0 radical (unpaired) electrons. The molecule has 0 saturated carbocycles. The summed E-state index contributed by atoms with van der Waals surface area (Å²) in [7, 11) is 0. The van der Waals surface area contributed by atoms with E-state index in [9.17, 15) is 10.2 Å². The predicted molar refractivity (Wildman–Crippen MR) is 92.9 cm³/mol. The van der Waals surface area contributed by atoms with Gasteiger partial charge in [0.15, 0.2) is 11.5 Å². The highest BCUT2D eigenvalue weighted by Crippen LogP contribution is 2.37. The fraction of sp³-hybridized carbons (Fsp3) is 0.200. The minimum absolute atomic E-state index is 0.0469. The minimum Gasteiger partial charge on any atom is -0.507 e. The summed E-state index contributed by atoms with van der Waals surface area (Å²) in [5, 5.41) is 19.9. The molecular weight excluding hydrogens is 320 g/mol. The van der Waals surface area contributed by atoms with Crippen LogP contribution in [-0.2, 0) is 6.61 Å². The Bertz CT molecular complexity index is 693. The van der Waals surface area contributed by atoms with Crippen LogP contribution in [-0.4, -0.2) is 22.7 Å². The molecule has 0 unspecified atom stereocenters. The second kappa shape index (κ2) is 6.93. The van der Waals surface area contributed by atoms with E-state index in [0.717, 1.165) is 9.79 Å². The Morgan fingerprint density at radius 3 is 2.32 bits per heavy atom. The van der Waals surface area contributed by atoms with Crippen molar-refractivity contribution in [2.75, 3.05) is 24.0 Å². The van der Waals surface area contributed by atoms with Crippen molar-refractivity contribution in [3.8, 4) is 17.2 Å². The summed E-state index contributed by atoms with van der Waals surface area (Å²) in [4.78, 5) is 1.67. The molecule has 0 bridgehead atoms. The quantitative estimate of drug-likeness (QED) is 0.490. The maximum Gasteiger partial charge on any atom is 0.162 e. The van der Waals surface area contributed by atoms with Crippen molar-refractivity contribution in [2.24, 2.45) is 0 Å². The molecule has 5 nitrogen and oxygen atoms in total. The lowest BCUT2D eigenvalue weighted by Crippen LogP contribution is -2.03. The van der Waals surface area contributed by atoms with Gasteiger partial charge in [0, 0.05) is 21.5 Å². The van der Waals surface area contributed by atoms with E-state index >= 15 is 0 Å². The molecule has 2 aromatic rings. The van der Waals surface area contributed by atoms with Crippen molar-refractivity contribution in [1.29, 1.82) is 0 Å². The highest BCUT2D eigenvalue weighted by Gasteiger charge is 2.13. The van der Waals surface area contributed by atoms with Crippen LogP contribution in [0.3, 0.4) is 0 Å². The van der Waals surface area contributed by atoms with Gasteiger partial charge in [-0.05, 0) is 30.7 Å². The SMILES string of the molecule is CSc1cc(OCc2c(O)ccc(SC)c2N)c(O)cc1N. The van der Waals surface area contributed by atoms with E-state index in [1.54, 1.807) is 18.2 Å². The van der Waals surface area contributed by atoms with E-state index in [1.165, 1.54) is 29.6 Å². The number of hydrogen-bond donors (Lipinski definition) is 4. The summed E-state index contributed by atoms with van der Waals surface area (Å²) in [5.41, 5.74) is 13.3. The van der Waals surface area contributed by atoms with Crippen LogP contribution in [0.2, 0.25) is 0 Å². The Kier molecular flexibility index (Phi) is 5.20. The molecule has 2 rings (SSSR count). The first kappa shape index (κ1) is 16.5. The first-order valence-electron chi connectivity index (χ1n) is 6.41. The Balaban J connectivity index is 2.27. The molecular formula is C15H18N2O3S2. The molecule has 2 aromatic carbocycles. The Hall–Kier alpha value is -1.86. The normalized spacial score (nSPS) is 10.6. The summed E-state index contributed by atoms with van der Waals surface area (Å²) >= 11 is 2.95. The fourth-order valence-electron chi connectivity index (χ4n) is 1.97. The van der Waals surface area contributed by atoms with Crippen molar-refractivity contribution >= 4 is 34.9 Å². The summed E-state index contributed by atoms with van der Waals surface area (Å²) in [6.07, 6.45) is 3.79. The van der Waals surface area contributed by atoms with Crippen molar-refractivity contribution in [2.45, 2.75) is 16.4 Å². The number of nitrogens with two attached hydrogens (primary N) is 2. The first-order chi connectivity index (χ1) is 10.5. The maximum atomic E-state index is 9.95. The lowest BCUT2D eigenvalue weighted by Gasteiger charge is -2.14. The molecule has 0 amide bonds. The smallest absolute Gasteiger partial charge is 0.162 e. The van der Waals surface area contributed by atoms with Crippen LogP contribution in [0.1, 0.15) is 5.56 Å². The van der Waals surface area contributed by atoms with Gasteiger partial charge in [0.25, 0.3) is 0 Å². The van der Waals surface area contributed by atoms with E-state index in [2.05, 4.69) is 0 Å². The largest absolute Gasteiger partial charge is 0.507 e. The molecule has 0 heterocycles. The average molecular weight is 338 g/mol. The van der Waals surface area contributed by atoms with Gasteiger partial charge in [-0.25, -0.2) is 0 Å². The van der Waals surface area contributed by atoms with Gasteiger partial charge in [-0.3, -0.25) is 0 Å². The third-order valence-corrected chi connectivity index (χ3v) is 4.78. The van der Waals surface area contributed by atoms with E-state index in [1.807, 2.05) is 12.5 Å². The van der Waals surface area contributed by atoms with Gasteiger partial charge in [-0.15, -0.1) is 23.5 Å². The van der Waals surface area contributed by atoms with Crippen molar-refractivity contribution in [1.82, 2.24) is 0 Å². The molecule has 0 fully saturated rings. The standard InChI is InChI=1S/C15H18N2O3S2/c1-21-13-4-3-10(18)8(15(13)17)7-20-12-6-14(22-2)9(16)5-11(12)19/h3-6,18-19H,7,16-17H2,1-2H3. The number of phenols is 2. The number of aromatic hydroxyl groups is 2. The highest BCUT2D eigenvalue weighted by atomic mass is 32.2. The van der Waals surface area contributed by atoms with Gasteiger partial charge < -0.3 is 26.4 Å². The molecule has 0 atom stereocenters. The summed E-state index contributed by atoms with van der Waals surface area (Å²) in [6.45, 7) is 0.0529. The zero-order chi connectivity index (χ0) is 16.3. The van der Waals surface area contributed by atoms with E-state index in [0.29, 0.717) is 22.7 Å². The molecule has 22 heavy (non-hydrogen) atoms. The third-order valence-electron chi connectivity index (χ3n) is 3.20. The van der Waals surface area contributed by atoms with Gasteiger partial charge in [-0.1, -0.05) is 0 Å². The summed E-state index contributed by atoms with van der Waals surface area (Å²) < 4.78 is 5.61. The van der Waals surface area contributed by atoms with E-state index in [4.69, 9.17) is 16.2 Å². The van der Waals surface area contributed by atoms with Crippen LogP contribution in [0.4, 0.5) is 11.4 Å². The zero-order valence-corrected chi connectivity index (χ0v) is 13.9. The number of phenolic OH excluding ortho intramolecular Hbond substituents is 2. The van der Waals surface area contributed by atoms with E-state index < -0.39 is 0 Å². The number of rotatable bonds is 5. The monoisotopic (exact) mass is 338 g/mol. The molecule has 0 aliphatic carbocycles. The van der Waals surface area contributed by atoms with Crippen LogP contribution in [0, 0.1) is 0 Å². The van der Waals surface area contributed by atoms with Crippen molar-refractivity contribution in [3.05, 3.63) is 29.8 Å². The van der Waals surface area contributed by atoms with Crippen molar-refractivity contribution < 1.29 is 14.9 Å². The topological polar surface area (TPSA) is 102 Å². The molecule has 0 aliphatic rings. The van der Waals surface area contributed by atoms with Gasteiger partial charge in [0.2, 0.25) is 0 Å². The van der Waals surface area contributed by atoms with E-state index in [-0.39, 0.29) is 18.1 Å². The number of hydrogen-bond acceptors (Lipinski definition) is 7. The molecule has 118 valence electrons. The van der Waals surface area contributed by atoms with Gasteiger partial charge in [0.05, 0.1) is 11.3 Å². The highest BCUT2D eigenvalue weighted by molar-refractivity contribution is 7.99. The molecule has 0 saturated heterocycles. The lowest BCUT2D eigenvalue weighted by atomic mass is 10.1. The molecule has 0 aliphatic heterocycles. The van der Waals surface area contributed by atoms with Gasteiger partial charge in [0.1, 0.15) is 12.4 Å². The number of ether oxygens (including phenoxy) is 1. The number of nitrogen functional groups attached to an aromatic ring is 2. The van der Waals surface area contributed by atoms with Crippen LogP contribution in [0.25, 0.3) is 0 Å². The minimum atomic E-state index is -0.0469. The van der Waals surface area contributed by atoms with Crippen LogP contribution in [0.15, 0.2) is 34.1 Å². The number of benzene rings is 2. The average Bonchev–Trinajstić information content (AvgIpc) is 2.49. The fourth-order valence-corrected chi connectivity index (χ4v) is 3.04. The van der Waals surface area contributed by atoms with Gasteiger partial charge >= 0.3 is 0 Å². The Morgan fingerprint density at radius 2 is 1.68 bits per heavy atom. The second-order valence-electron chi connectivity index (χ2n) is 4.53. The third kappa shape index (κ3) is 3.31. The number of anilines is 2. The summed E-state index contributed by atoms with van der Waals surface area (Å²) in [6, 6.07) is 6.45. The Morgan fingerprint density at radius 1 is 1.00 bits per heavy atom. The van der Waals surface area contributed by atoms with Crippen LogP contribution < -0.4 is 16.2 Å². The molecule has 6 N–H and O–H groups in total. The van der Waals surface area contributed by atoms with Crippen LogP contribution in [0.5, 0.6) is 17.2 Å². The molecule has 0 spiro atoms. The predicted octanol–water partition coefficient (Wildman–Crippen LogP) is 3.29. The van der Waals surface area contributed by atoms with Crippen LogP contribution >= 0.6 is 23.5 Å². The summed E-state index contributed by atoms with van der Waals surface area (Å²) in [5.74, 6) is 0.316. The van der Waals surface area contributed by atoms with Gasteiger partial charge in [-0.2, -0.15) is 0 Å². The maximum absolute atomic E-state index is 9.95. The Labute approximate surface area is 137 Å². The first-order valence-corrected chi connectivity index (χ1v) is 8.86.